The van der Waals surface area contributed by atoms with E-state index in [9.17, 15) is 14.1 Å². The van der Waals surface area contributed by atoms with Crippen molar-refractivity contribution in [2.24, 2.45) is 0 Å². The summed E-state index contributed by atoms with van der Waals surface area (Å²) in [4.78, 5) is 0. The quantitative estimate of drug-likeness (QED) is 0.340. The molecule has 2 atom stereocenters. The third-order valence-electron chi connectivity index (χ3n) is 6.33. The zero-order valence-electron chi connectivity index (χ0n) is 20.6. The first-order valence-corrected chi connectivity index (χ1v) is 13.6. The number of phenolic OH excluding ortho intramolecular Hbond substituents is 1. The van der Waals surface area contributed by atoms with Gasteiger partial charge in [-0.1, -0.05) is 38.1 Å². The van der Waals surface area contributed by atoms with E-state index >= 15 is 0 Å². The van der Waals surface area contributed by atoms with Crippen LogP contribution in [0, 0.1) is 19.7 Å². The maximum absolute atomic E-state index is 13.6. The number of aryl methyl sites for hydroxylation is 2. The molecule has 3 aromatic rings. The summed E-state index contributed by atoms with van der Waals surface area (Å²) in [5.74, 6) is 0.790. The van der Waals surface area contributed by atoms with Crippen LogP contribution in [0.5, 0.6) is 11.5 Å². The SMILES string of the molecule is Cc1cc(OC[P@]2(=O)OCC[C@@H](c3cccc(F)c3)O2)cc(C)c1Cc1ccc(O)c(C(C)C)c1. The van der Waals surface area contributed by atoms with Gasteiger partial charge in [0, 0.05) is 6.42 Å². The molecule has 1 heterocycles. The number of hydrogen-bond acceptors (Lipinski definition) is 5. The van der Waals surface area contributed by atoms with Crippen molar-refractivity contribution in [2.75, 3.05) is 13.0 Å². The number of aromatic hydroxyl groups is 1. The molecule has 0 radical (unpaired) electrons. The van der Waals surface area contributed by atoms with Crippen LogP contribution in [0.15, 0.2) is 54.6 Å². The van der Waals surface area contributed by atoms with Gasteiger partial charge in [-0.25, -0.2) is 4.39 Å². The molecule has 3 aromatic carbocycles. The first kappa shape index (κ1) is 25.4. The summed E-state index contributed by atoms with van der Waals surface area (Å²) in [5.41, 5.74) is 6.00. The Bertz CT molecular complexity index is 1230. The van der Waals surface area contributed by atoms with Gasteiger partial charge >= 0.3 is 7.60 Å². The minimum Gasteiger partial charge on any atom is -0.508 e. The molecule has 35 heavy (non-hydrogen) atoms. The minimum atomic E-state index is -3.50. The lowest BCUT2D eigenvalue weighted by Gasteiger charge is -2.30. The van der Waals surface area contributed by atoms with E-state index in [4.69, 9.17) is 13.8 Å². The molecule has 0 aromatic heterocycles. The van der Waals surface area contributed by atoms with Crippen molar-refractivity contribution in [1.82, 2.24) is 0 Å². The maximum atomic E-state index is 13.6. The van der Waals surface area contributed by atoms with Gasteiger partial charge in [0.2, 0.25) is 0 Å². The number of benzene rings is 3. The molecule has 0 saturated carbocycles. The minimum absolute atomic E-state index is 0.216. The predicted molar refractivity (Wildman–Crippen MR) is 135 cm³/mol. The van der Waals surface area contributed by atoms with Crippen LogP contribution in [-0.2, 0) is 20.0 Å². The van der Waals surface area contributed by atoms with Gasteiger partial charge < -0.3 is 14.4 Å². The molecule has 0 amide bonds. The van der Waals surface area contributed by atoms with E-state index < -0.39 is 13.7 Å². The van der Waals surface area contributed by atoms with Crippen molar-refractivity contribution >= 4 is 7.60 Å². The Kier molecular flexibility index (Phi) is 7.65. The first-order chi connectivity index (χ1) is 16.6. The van der Waals surface area contributed by atoms with Crippen LogP contribution in [0.1, 0.15) is 65.7 Å². The molecule has 4 rings (SSSR count). The van der Waals surface area contributed by atoms with Crippen LogP contribution in [0.2, 0.25) is 0 Å². The van der Waals surface area contributed by atoms with Gasteiger partial charge in [0.05, 0.1) is 12.7 Å². The predicted octanol–water partition coefficient (Wildman–Crippen LogP) is 7.57. The summed E-state index contributed by atoms with van der Waals surface area (Å²) in [6.45, 7) is 8.42. The zero-order valence-corrected chi connectivity index (χ0v) is 21.5. The van der Waals surface area contributed by atoms with E-state index in [1.165, 1.54) is 17.7 Å². The number of hydrogen-bond donors (Lipinski definition) is 1. The number of phenols is 1. The van der Waals surface area contributed by atoms with Gasteiger partial charge in [0.1, 0.15) is 17.3 Å². The Morgan fingerprint density at radius 1 is 1.11 bits per heavy atom. The van der Waals surface area contributed by atoms with Crippen molar-refractivity contribution in [3.05, 3.63) is 93.8 Å². The largest absolute Gasteiger partial charge is 0.508 e. The van der Waals surface area contributed by atoms with Gasteiger partial charge in [-0.05, 0) is 89.9 Å². The zero-order chi connectivity index (χ0) is 25.2. The van der Waals surface area contributed by atoms with Gasteiger partial charge in [-0.3, -0.25) is 9.09 Å². The third-order valence-corrected chi connectivity index (χ3v) is 7.93. The molecule has 0 unspecified atom stereocenters. The number of halogens is 1. The first-order valence-electron chi connectivity index (χ1n) is 11.9. The van der Waals surface area contributed by atoms with E-state index in [0.29, 0.717) is 23.5 Å². The molecule has 1 aliphatic heterocycles. The summed E-state index contributed by atoms with van der Waals surface area (Å²) in [6.07, 6.45) is 0.515. The highest BCUT2D eigenvalue weighted by Crippen LogP contribution is 2.56. The molecule has 5 nitrogen and oxygen atoms in total. The summed E-state index contributed by atoms with van der Waals surface area (Å²) in [5, 5.41) is 10.1. The van der Waals surface area contributed by atoms with E-state index in [1.54, 1.807) is 18.2 Å². The van der Waals surface area contributed by atoms with Gasteiger partial charge in [0.25, 0.3) is 0 Å². The van der Waals surface area contributed by atoms with Crippen LogP contribution in [0.3, 0.4) is 0 Å². The normalized spacial score (nSPS) is 20.2. The molecule has 0 spiro atoms. The summed E-state index contributed by atoms with van der Waals surface area (Å²) in [6, 6.07) is 15.7. The van der Waals surface area contributed by atoms with Crippen molar-refractivity contribution < 1.29 is 27.8 Å². The Balaban J connectivity index is 1.45. The number of ether oxygens (including phenoxy) is 1. The van der Waals surface area contributed by atoms with Crippen molar-refractivity contribution in [2.45, 2.75) is 52.6 Å². The molecule has 1 aliphatic rings. The van der Waals surface area contributed by atoms with Crippen LogP contribution in [0.25, 0.3) is 0 Å². The lowest BCUT2D eigenvalue weighted by Crippen LogP contribution is -2.17. The fourth-order valence-electron chi connectivity index (χ4n) is 4.43. The smallest absolute Gasteiger partial charge is 0.368 e. The number of rotatable bonds is 7. The second kappa shape index (κ2) is 10.5. The molecule has 0 aliphatic carbocycles. The summed E-state index contributed by atoms with van der Waals surface area (Å²) in [7, 11) is -3.50. The molecule has 1 N–H and O–H groups in total. The van der Waals surface area contributed by atoms with E-state index in [1.807, 2.05) is 32.0 Å². The molecular formula is C28H32FO5P. The third kappa shape index (κ3) is 6.13. The lowest BCUT2D eigenvalue weighted by molar-refractivity contribution is 0.0723. The fraction of sp³-hybridized carbons (Fsp3) is 0.357. The molecule has 7 heteroatoms. The van der Waals surface area contributed by atoms with Gasteiger partial charge in [-0.15, -0.1) is 0 Å². The summed E-state index contributed by atoms with van der Waals surface area (Å²) < 4.78 is 43.9. The standard InChI is InChI=1S/C28H32FO5P/c1-18(2)25-14-21(8-9-27(25)30)15-26-19(3)12-24(13-20(26)4)32-17-35(31)33-11-10-28(34-35)22-6-5-7-23(29)16-22/h5-9,12-14,16,18,28,30H,10-11,15,17H2,1-4H3/t28-,35-/m0/s1. The highest BCUT2D eigenvalue weighted by atomic mass is 31.2. The maximum Gasteiger partial charge on any atom is 0.368 e. The van der Waals surface area contributed by atoms with Crippen LogP contribution in [0.4, 0.5) is 4.39 Å². The Labute approximate surface area is 206 Å². The van der Waals surface area contributed by atoms with Crippen molar-refractivity contribution in [1.29, 1.82) is 0 Å². The van der Waals surface area contributed by atoms with Gasteiger partial charge in [-0.2, -0.15) is 0 Å². The van der Waals surface area contributed by atoms with Crippen LogP contribution < -0.4 is 4.74 Å². The average Bonchev–Trinajstić information content (AvgIpc) is 2.81. The second-order valence-electron chi connectivity index (χ2n) is 9.42. The lowest BCUT2D eigenvalue weighted by atomic mass is 9.93. The second-order valence-corrected chi connectivity index (χ2v) is 11.4. The van der Waals surface area contributed by atoms with Crippen molar-refractivity contribution in [3.63, 3.8) is 0 Å². The van der Waals surface area contributed by atoms with Gasteiger partial charge in [0.15, 0.2) is 6.35 Å². The van der Waals surface area contributed by atoms with Crippen LogP contribution in [-0.4, -0.2) is 18.1 Å². The van der Waals surface area contributed by atoms with E-state index in [-0.39, 0.29) is 24.7 Å². The van der Waals surface area contributed by atoms with E-state index in [2.05, 4.69) is 19.9 Å². The molecule has 186 valence electrons. The van der Waals surface area contributed by atoms with E-state index in [0.717, 1.165) is 28.7 Å². The average molecular weight is 499 g/mol. The molecule has 1 fully saturated rings. The molecule has 0 bridgehead atoms. The fourth-order valence-corrected chi connectivity index (χ4v) is 5.93. The Morgan fingerprint density at radius 2 is 1.86 bits per heavy atom. The monoisotopic (exact) mass is 498 g/mol. The van der Waals surface area contributed by atoms with Crippen molar-refractivity contribution in [3.8, 4) is 11.5 Å². The highest BCUT2D eigenvalue weighted by Gasteiger charge is 2.35. The molecule has 1 saturated heterocycles. The highest BCUT2D eigenvalue weighted by molar-refractivity contribution is 7.53. The van der Waals surface area contributed by atoms with Crippen LogP contribution >= 0.6 is 7.60 Å². The Hall–Kier alpha value is -2.66. The summed E-state index contributed by atoms with van der Waals surface area (Å²) >= 11 is 0. The molecular weight excluding hydrogens is 466 g/mol. The Morgan fingerprint density at radius 3 is 2.54 bits per heavy atom. The topological polar surface area (TPSA) is 65.0 Å².